The quantitative estimate of drug-likeness (QED) is 0.790. The number of aromatic nitrogens is 2. The summed E-state index contributed by atoms with van der Waals surface area (Å²) >= 11 is 0. The van der Waals surface area contributed by atoms with E-state index < -0.39 is 6.17 Å². The number of anilines is 1. The van der Waals surface area contributed by atoms with Gasteiger partial charge in [-0.2, -0.15) is 0 Å². The maximum atomic E-state index is 12.1. The molecule has 2 heterocycles. The second-order valence-electron chi connectivity index (χ2n) is 4.35. The second kappa shape index (κ2) is 4.24. The van der Waals surface area contributed by atoms with E-state index in [0.29, 0.717) is 11.6 Å². The van der Waals surface area contributed by atoms with Crippen LogP contribution in [0.5, 0.6) is 0 Å². The number of guanidine groups is 1. The van der Waals surface area contributed by atoms with E-state index in [0.717, 1.165) is 5.56 Å². The van der Waals surface area contributed by atoms with Gasteiger partial charge in [0.15, 0.2) is 12.1 Å². The number of rotatable bonds is 1. The molecule has 19 heavy (non-hydrogen) atoms. The predicted molar refractivity (Wildman–Crippen MR) is 73.1 cm³/mol. The van der Waals surface area contributed by atoms with Gasteiger partial charge in [-0.15, -0.1) is 0 Å². The topological polar surface area (TPSA) is 85.3 Å². The number of nitrogens with zero attached hydrogens (tertiary/aromatic N) is 3. The van der Waals surface area contributed by atoms with Gasteiger partial charge in [0.05, 0.1) is 0 Å². The van der Waals surface area contributed by atoms with Crippen molar-refractivity contribution in [2.24, 2.45) is 10.7 Å². The SMILES string of the molecule is Cc1cc(=O)n2c(n1)NC(N)=NC2c1ccccc1. The Morgan fingerprint density at radius 3 is 2.79 bits per heavy atom. The first-order valence-electron chi connectivity index (χ1n) is 5.90. The largest absolute Gasteiger partial charge is 0.370 e. The molecule has 0 fully saturated rings. The van der Waals surface area contributed by atoms with Crippen molar-refractivity contribution >= 4 is 11.9 Å². The van der Waals surface area contributed by atoms with E-state index in [1.54, 1.807) is 6.92 Å². The molecule has 0 saturated carbocycles. The lowest BCUT2D eigenvalue weighted by Gasteiger charge is -2.25. The van der Waals surface area contributed by atoms with Crippen LogP contribution in [0.3, 0.4) is 0 Å². The van der Waals surface area contributed by atoms with E-state index in [9.17, 15) is 4.79 Å². The Morgan fingerprint density at radius 2 is 2.05 bits per heavy atom. The molecule has 3 N–H and O–H groups in total. The lowest BCUT2D eigenvalue weighted by atomic mass is 10.1. The van der Waals surface area contributed by atoms with Crippen LogP contribution in [0.25, 0.3) is 0 Å². The molecule has 0 amide bonds. The van der Waals surface area contributed by atoms with Gasteiger partial charge in [0, 0.05) is 11.8 Å². The minimum Gasteiger partial charge on any atom is -0.370 e. The van der Waals surface area contributed by atoms with Crippen LogP contribution in [0.15, 0.2) is 46.2 Å². The second-order valence-corrected chi connectivity index (χ2v) is 4.35. The fourth-order valence-corrected chi connectivity index (χ4v) is 2.12. The zero-order valence-corrected chi connectivity index (χ0v) is 10.4. The van der Waals surface area contributed by atoms with Gasteiger partial charge in [-0.05, 0) is 12.5 Å². The third-order valence-corrected chi connectivity index (χ3v) is 2.92. The number of hydrogen-bond donors (Lipinski definition) is 2. The Hall–Kier alpha value is -2.63. The summed E-state index contributed by atoms with van der Waals surface area (Å²) < 4.78 is 1.50. The van der Waals surface area contributed by atoms with Crippen molar-refractivity contribution in [3.8, 4) is 0 Å². The Bertz CT molecular complexity index is 705. The van der Waals surface area contributed by atoms with Gasteiger partial charge in [0.2, 0.25) is 5.95 Å². The molecule has 1 aromatic carbocycles. The monoisotopic (exact) mass is 255 g/mol. The Balaban J connectivity index is 2.22. The van der Waals surface area contributed by atoms with Crippen molar-refractivity contribution in [1.82, 2.24) is 9.55 Å². The van der Waals surface area contributed by atoms with Crippen molar-refractivity contribution in [1.29, 1.82) is 0 Å². The van der Waals surface area contributed by atoms with Gasteiger partial charge in [-0.25, -0.2) is 9.98 Å². The van der Waals surface area contributed by atoms with Crippen LogP contribution in [0.4, 0.5) is 5.95 Å². The standard InChI is InChI=1S/C13H13N5O/c1-8-7-10(19)18-11(9-5-3-2-4-6-9)16-12(14)17-13(18)15-8/h2-7,11H,1H3,(H3,14,15,16,17). The summed E-state index contributed by atoms with van der Waals surface area (Å²) in [6.07, 6.45) is -0.474. The summed E-state index contributed by atoms with van der Waals surface area (Å²) in [5, 5.41) is 2.82. The Kier molecular flexibility index (Phi) is 2.56. The maximum absolute atomic E-state index is 12.1. The van der Waals surface area contributed by atoms with Gasteiger partial charge in [-0.1, -0.05) is 30.3 Å². The molecule has 0 bridgehead atoms. The van der Waals surface area contributed by atoms with Crippen molar-refractivity contribution in [2.75, 3.05) is 5.32 Å². The molecule has 6 nitrogen and oxygen atoms in total. The minimum absolute atomic E-state index is 0.153. The van der Waals surface area contributed by atoms with Gasteiger partial charge in [0.1, 0.15) is 0 Å². The van der Waals surface area contributed by atoms with Gasteiger partial charge >= 0.3 is 0 Å². The number of fused-ring (bicyclic) bond motifs is 1. The number of hydrogen-bond acceptors (Lipinski definition) is 5. The summed E-state index contributed by atoms with van der Waals surface area (Å²) in [7, 11) is 0. The number of nitrogens with two attached hydrogens (primary N) is 1. The van der Waals surface area contributed by atoms with Gasteiger partial charge in [-0.3, -0.25) is 14.7 Å². The lowest BCUT2D eigenvalue weighted by molar-refractivity contribution is 0.576. The first-order valence-corrected chi connectivity index (χ1v) is 5.90. The highest BCUT2D eigenvalue weighted by Gasteiger charge is 2.23. The maximum Gasteiger partial charge on any atom is 0.257 e. The normalized spacial score (nSPS) is 17.3. The van der Waals surface area contributed by atoms with Crippen LogP contribution in [0, 0.1) is 6.92 Å². The molecule has 3 rings (SSSR count). The molecular formula is C13H13N5O. The smallest absolute Gasteiger partial charge is 0.257 e. The highest BCUT2D eigenvalue weighted by molar-refractivity contribution is 5.91. The summed E-state index contributed by atoms with van der Waals surface area (Å²) in [6.45, 7) is 1.77. The van der Waals surface area contributed by atoms with Crippen LogP contribution in [-0.4, -0.2) is 15.5 Å². The van der Waals surface area contributed by atoms with E-state index in [2.05, 4.69) is 15.3 Å². The molecule has 2 aromatic rings. The third kappa shape index (κ3) is 1.97. The summed E-state index contributed by atoms with van der Waals surface area (Å²) in [5.74, 6) is 0.678. The molecule has 0 radical (unpaired) electrons. The summed E-state index contributed by atoms with van der Waals surface area (Å²) in [5.41, 5.74) is 7.14. The van der Waals surface area contributed by atoms with Crippen molar-refractivity contribution < 1.29 is 0 Å². The van der Waals surface area contributed by atoms with Crippen molar-refractivity contribution in [3.63, 3.8) is 0 Å². The van der Waals surface area contributed by atoms with Crippen LogP contribution in [-0.2, 0) is 0 Å². The van der Waals surface area contributed by atoms with Crippen LogP contribution in [0.2, 0.25) is 0 Å². The van der Waals surface area contributed by atoms with Crippen LogP contribution in [0.1, 0.15) is 17.4 Å². The van der Waals surface area contributed by atoms with Crippen LogP contribution >= 0.6 is 0 Å². The molecule has 1 aliphatic rings. The molecule has 0 aliphatic carbocycles. The number of aliphatic imine (C=N–C) groups is 1. The van der Waals surface area contributed by atoms with Gasteiger partial charge in [0.25, 0.3) is 5.56 Å². The average Bonchev–Trinajstić information content (AvgIpc) is 2.38. The molecule has 1 aromatic heterocycles. The van der Waals surface area contributed by atoms with E-state index in [-0.39, 0.29) is 11.5 Å². The highest BCUT2D eigenvalue weighted by atomic mass is 16.1. The molecule has 0 spiro atoms. The first kappa shape index (κ1) is 11.5. The molecule has 6 heteroatoms. The molecule has 0 saturated heterocycles. The highest BCUT2D eigenvalue weighted by Crippen LogP contribution is 2.24. The Labute approximate surface area is 109 Å². The number of nitrogens with one attached hydrogen (secondary N) is 1. The van der Waals surface area contributed by atoms with Crippen LogP contribution < -0.4 is 16.6 Å². The molecule has 96 valence electrons. The number of benzene rings is 1. The van der Waals surface area contributed by atoms with E-state index >= 15 is 0 Å². The van der Waals surface area contributed by atoms with Gasteiger partial charge < -0.3 is 5.73 Å². The average molecular weight is 255 g/mol. The lowest BCUT2D eigenvalue weighted by Crippen LogP contribution is -2.38. The fraction of sp³-hybridized carbons (Fsp3) is 0.154. The zero-order valence-electron chi connectivity index (χ0n) is 10.4. The van der Waals surface area contributed by atoms with E-state index in [4.69, 9.17) is 5.73 Å². The first-order chi connectivity index (χ1) is 9.15. The predicted octanol–water partition coefficient (Wildman–Crippen LogP) is 0.839. The minimum atomic E-state index is -0.474. The third-order valence-electron chi connectivity index (χ3n) is 2.92. The number of aryl methyl sites for hydroxylation is 1. The zero-order chi connectivity index (χ0) is 13.4. The Morgan fingerprint density at radius 1 is 1.32 bits per heavy atom. The molecule has 1 unspecified atom stereocenters. The molecule has 1 atom stereocenters. The van der Waals surface area contributed by atoms with E-state index in [1.807, 2.05) is 30.3 Å². The summed E-state index contributed by atoms with van der Waals surface area (Å²) in [6, 6.07) is 11.0. The van der Waals surface area contributed by atoms with Crippen molar-refractivity contribution in [2.45, 2.75) is 13.1 Å². The van der Waals surface area contributed by atoms with Crippen molar-refractivity contribution in [3.05, 3.63) is 58.0 Å². The molecule has 1 aliphatic heterocycles. The summed E-state index contributed by atoms with van der Waals surface area (Å²) in [4.78, 5) is 20.7. The van der Waals surface area contributed by atoms with E-state index in [1.165, 1.54) is 10.6 Å². The fourth-order valence-electron chi connectivity index (χ4n) is 2.12. The molecular weight excluding hydrogens is 242 g/mol.